The summed E-state index contributed by atoms with van der Waals surface area (Å²) in [5, 5.41) is 3.59. The highest BCUT2D eigenvalue weighted by atomic mass is 32.2. The van der Waals surface area contributed by atoms with Gasteiger partial charge in [0.2, 0.25) is 11.8 Å². The van der Waals surface area contributed by atoms with Gasteiger partial charge in [-0.05, 0) is 38.3 Å². The molecule has 1 aromatic carbocycles. The minimum absolute atomic E-state index is 0.0594. The van der Waals surface area contributed by atoms with Crippen LogP contribution in [0.2, 0.25) is 0 Å². The molecule has 0 aliphatic heterocycles. The molecular weight excluding hydrogens is 372 g/mol. The van der Waals surface area contributed by atoms with Gasteiger partial charge < -0.3 is 10.2 Å². The van der Waals surface area contributed by atoms with Gasteiger partial charge in [0.25, 0.3) is 0 Å². The van der Waals surface area contributed by atoms with Gasteiger partial charge in [0.05, 0.1) is 18.0 Å². The van der Waals surface area contributed by atoms with E-state index in [9.17, 15) is 9.59 Å². The smallest absolute Gasteiger partial charge is 0.239 e. The number of imidazole rings is 1. The van der Waals surface area contributed by atoms with Crippen molar-refractivity contribution >= 4 is 23.6 Å². The molecule has 1 N–H and O–H groups in total. The van der Waals surface area contributed by atoms with Gasteiger partial charge in [-0.25, -0.2) is 4.98 Å². The maximum absolute atomic E-state index is 12.6. The minimum Gasteiger partial charge on any atom is -0.352 e. The lowest BCUT2D eigenvalue weighted by Crippen LogP contribution is -2.43. The molecule has 7 heteroatoms. The van der Waals surface area contributed by atoms with E-state index in [1.165, 1.54) is 17.3 Å². The molecule has 0 fully saturated rings. The number of nitrogens with zero attached hydrogens (tertiary/aromatic N) is 3. The van der Waals surface area contributed by atoms with E-state index in [2.05, 4.69) is 36.3 Å². The summed E-state index contributed by atoms with van der Waals surface area (Å²) in [6, 6.07) is 8.29. The normalized spacial score (nSPS) is 11.1. The van der Waals surface area contributed by atoms with Crippen LogP contribution in [0, 0.1) is 0 Å². The predicted octanol–water partition coefficient (Wildman–Crippen LogP) is 3.46. The average molecular weight is 403 g/mol. The van der Waals surface area contributed by atoms with Crippen LogP contribution in [0.25, 0.3) is 5.69 Å². The lowest BCUT2D eigenvalue weighted by Gasteiger charge is -2.21. The van der Waals surface area contributed by atoms with Crippen molar-refractivity contribution in [3.8, 4) is 5.69 Å². The molecule has 0 saturated heterocycles. The number of likely N-dealkylation sites (N-methyl/N-ethyl adjacent to an activating group) is 1. The molecule has 2 aromatic rings. The van der Waals surface area contributed by atoms with E-state index in [4.69, 9.17) is 0 Å². The molecule has 6 nitrogen and oxygen atoms in total. The average Bonchev–Trinajstić information content (AvgIpc) is 3.11. The molecule has 0 atom stereocenters. The first kappa shape index (κ1) is 22.0. The standard InChI is InChI=1S/C21H30N4O2S/c1-6-24(13-19(26)23-16(4)5)20(27)14-28-21-22-11-12-25(21)18-10-8-7-9-17(18)15(2)3/h7-12,15-16H,6,13-14H2,1-5H3,(H,23,26). The molecule has 152 valence electrons. The van der Waals surface area contributed by atoms with Crippen molar-refractivity contribution in [2.24, 2.45) is 0 Å². The van der Waals surface area contributed by atoms with Crippen molar-refractivity contribution in [2.75, 3.05) is 18.8 Å². The summed E-state index contributed by atoms with van der Waals surface area (Å²) < 4.78 is 2.02. The number of thioether (sulfide) groups is 1. The van der Waals surface area contributed by atoms with Crippen LogP contribution in [0.5, 0.6) is 0 Å². The Balaban J connectivity index is 2.07. The second-order valence-corrected chi connectivity index (χ2v) is 8.15. The summed E-state index contributed by atoms with van der Waals surface area (Å²) in [6.45, 7) is 10.6. The number of amides is 2. The Kier molecular flexibility index (Phi) is 8.11. The van der Waals surface area contributed by atoms with Crippen LogP contribution < -0.4 is 5.32 Å². The third-order valence-electron chi connectivity index (χ3n) is 4.27. The van der Waals surface area contributed by atoms with Crippen LogP contribution in [0.15, 0.2) is 41.8 Å². The fraction of sp³-hybridized carbons (Fsp3) is 0.476. The van der Waals surface area contributed by atoms with Crippen molar-refractivity contribution in [3.63, 3.8) is 0 Å². The van der Waals surface area contributed by atoms with E-state index < -0.39 is 0 Å². The number of benzene rings is 1. The number of carbonyl (C=O) groups is 2. The van der Waals surface area contributed by atoms with Crippen molar-refractivity contribution in [1.82, 2.24) is 19.8 Å². The zero-order valence-electron chi connectivity index (χ0n) is 17.3. The van der Waals surface area contributed by atoms with E-state index >= 15 is 0 Å². The molecule has 1 heterocycles. The first-order chi connectivity index (χ1) is 13.3. The van der Waals surface area contributed by atoms with Gasteiger partial charge in [0.15, 0.2) is 5.16 Å². The molecule has 0 radical (unpaired) electrons. The largest absolute Gasteiger partial charge is 0.352 e. The molecule has 2 rings (SSSR count). The SMILES string of the molecule is CCN(CC(=O)NC(C)C)C(=O)CSc1nccn1-c1ccccc1C(C)C. The Morgan fingerprint density at radius 1 is 1.21 bits per heavy atom. The van der Waals surface area contributed by atoms with E-state index in [0.29, 0.717) is 12.5 Å². The van der Waals surface area contributed by atoms with E-state index in [-0.39, 0.29) is 30.2 Å². The number of para-hydroxylation sites is 1. The lowest BCUT2D eigenvalue weighted by atomic mass is 10.0. The Morgan fingerprint density at radius 3 is 2.57 bits per heavy atom. The molecule has 0 aliphatic carbocycles. The highest BCUT2D eigenvalue weighted by Gasteiger charge is 2.18. The van der Waals surface area contributed by atoms with Crippen molar-refractivity contribution < 1.29 is 9.59 Å². The zero-order valence-corrected chi connectivity index (χ0v) is 18.1. The van der Waals surface area contributed by atoms with Gasteiger partial charge in [-0.1, -0.05) is 43.8 Å². The number of aromatic nitrogens is 2. The summed E-state index contributed by atoms with van der Waals surface area (Å²) in [5.41, 5.74) is 2.31. The van der Waals surface area contributed by atoms with Gasteiger partial charge in [-0.2, -0.15) is 0 Å². The maximum Gasteiger partial charge on any atom is 0.239 e. The number of nitrogens with one attached hydrogen (secondary N) is 1. The van der Waals surface area contributed by atoms with E-state index in [1.54, 1.807) is 11.1 Å². The summed E-state index contributed by atoms with van der Waals surface area (Å²) in [4.78, 5) is 30.6. The van der Waals surface area contributed by atoms with Crippen LogP contribution in [-0.4, -0.2) is 51.1 Å². The third kappa shape index (κ3) is 5.86. The Hall–Kier alpha value is -2.28. The van der Waals surface area contributed by atoms with Crippen LogP contribution in [-0.2, 0) is 9.59 Å². The van der Waals surface area contributed by atoms with Crippen molar-refractivity contribution in [2.45, 2.75) is 51.7 Å². The highest BCUT2D eigenvalue weighted by molar-refractivity contribution is 7.99. The molecular formula is C21H30N4O2S. The monoisotopic (exact) mass is 402 g/mol. The fourth-order valence-electron chi connectivity index (χ4n) is 2.91. The molecule has 2 amide bonds. The molecule has 0 saturated carbocycles. The Labute approximate surface area is 171 Å². The lowest BCUT2D eigenvalue weighted by molar-refractivity contribution is -0.134. The van der Waals surface area contributed by atoms with Crippen molar-refractivity contribution in [3.05, 3.63) is 42.2 Å². The molecule has 0 aliphatic rings. The molecule has 0 spiro atoms. The first-order valence-electron chi connectivity index (χ1n) is 9.66. The summed E-state index contributed by atoms with van der Waals surface area (Å²) in [5.74, 6) is 0.415. The summed E-state index contributed by atoms with van der Waals surface area (Å²) >= 11 is 1.39. The minimum atomic E-state index is -0.137. The zero-order chi connectivity index (χ0) is 20.7. The number of carbonyl (C=O) groups excluding carboxylic acids is 2. The predicted molar refractivity (Wildman–Crippen MR) is 114 cm³/mol. The number of rotatable bonds is 9. The summed E-state index contributed by atoms with van der Waals surface area (Å²) in [6.07, 6.45) is 3.67. The summed E-state index contributed by atoms with van der Waals surface area (Å²) in [7, 11) is 0. The van der Waals surface area contributed by atoms with Gasteiger partial charge in [-0.3, -0.25) is 14.2 Å². The molecule has 1 aromatic heterocycles. The topological polar surface area (TPSA) is 67.2 Å². The molecule has 0 unspecified atom stereocenters. The fourth-order valence-corrected chi connectivity index (χ4v) is 3.78. The quantitative estimate of drug-likeness (QED) is 0.652. The van der Waals surface area contributed by atoms with Gasteiger partial charge in [0, 0.05) is 25.0 Å². The number of hydrogen-bond donors (Lipinski definition) is 1. The Bertz CT molecular complexity index is 801. The maximum atomic E-state index is 12.6. The van der Waals surface area contributed by atoms with Crippen LogP contribution in [0.1, 0.15) is 46.1 Å². The first-order valence-corrected chi connectivity index (χ1v) is 10.6. The van der Waals surface area contributed by atoms with Gasteiger partial charge in [-0.15, -0.1) is 0 Å². The van der Waals surface area contributed by atoms with Crippen LogP contribution in [0.3, 0.4) is 0 Å². The second-order valence-electron chi connectivity index (χ2n) is 7.21. The second kappa shape index (κ2) is 10.3. The van der Waals surface area contributed by atoms with Crippen molar-refractivity contribution in [1.29, 1.82) is 0 Å². The molecule has 28 heavy (non-hydrogen) atoms. The van der Waals surface area contributed by atoms with Crippen LogP contribution in [0.4, 0.5) is 0 Å². The van der Waals surface area contributed by atoms with Gasteiger partial charge in [0.1, 0.15) is 0 Å². The Morgan fingerprint density at radius 2 is 1.93 bits per heavy atom. The third-order valence-corrected chi connectivity index (χ3v) is 5.22. The van der Waals surface area contributed by atoms with Crippen LogP contribution >= 0.6 is 11.8 Å². The number of hydrogen-bond acceptors (Lipinski definition) is 4. The van der Waals surface area contributed by atoms with E-state index in [0.717, 1.165) is 10.8 Å². The highest BCUT2D eigenvalue weighted by Crippen LogP contribution is 2.27. The molecule has 0 bridgehead atoms. The van der Waals surface area contributed by atoms with E-state index in [1.807, 2.05) is 43.7 Å². The van der Waals surface area contributed by atoms with Gasteiger partial charge >= 0.3 is 0 Å².